The van der Waals surface area contributed by atoms with E-state index in [9.17, 15) is 13.9 Å². The average molecular weight is 474 g/mol. The first kappa shape index (κ1) is 26.0. The van der Waals surface area contributed by atoms with E-state index in [4.69, 9.17) is 18.1 Å². The Morgan fingerprint density at radius 2 is 1.35 bits per heavy atom. The van der Waals surface area contributed by atoms with Crippen molar-refractivity contribution < 1.29 is 32.0 Å². The van der Waals surface area contributed by atoms with E-state index >= 15 is 0 Å². The molecule has 0 radical (unpaired) electrons. The van der Waals surface area contributed by atoms with Crippen LogP contribution in [0.2, 0.25) is 0 Å². The molecular weight excluding hydrogens is 442 g/mol. The van der Waals surface area contributed by atoms with Crippen molar-refractivity contribution in [2.75, 3.05) is 26.4 Å². The molecule has 0 bridgehead atoms. The van der Waals surface area contributed by atoms with Crippen LogP contribution in [0.4, 0.5) is 0 Å². The molecule has 11 heteroatoms. The molecule has 0 saturated heterocycles. The first-order valence-corrected chi connectivity index (χ1v) is 13.7. The van der Waals surface area contributed by atoms with Gasteiger partial charge in [-0.05, 0) is 39.7 Å². The van der Waals surface area contributed by atoms with Gasteiger partial charge in [0, 0.05) is 12.0 Å². The van der Waals surface area contributed by atoms with Gasteiger partial charge in [0.2, 0.25) is 0 Å². The molecule has 1 aliphatic heterocycles. The maximum absolute atomic E-state index is 13.9. The van der Waals surface area contributed by atoms with Crippen molar-refractivity contribution in [3.8, 4) is 0 Å². The molecule has 2 rings (SSSR count). The van der Waals surface area contributed by atoms with Crippen molar-refractivity contribution in [1.29, 1.82) is 0 Å². The number of ketones is 1. The Morgan fingerprint density at radius 3 is 1.74 bits per heavy atom. The molecule has 1 unspecified atom stereocenters. The second-order valence-corrected chi connectivity index (χ2v) is 11.6. The minimum Gasteiger partial charge on any atom is -0.307 e. The zero-order chi connectivity index (χ0) is 23.1. The van der Waals surface area contributed by atoms with Crippen LogP contribution in [0.25, 0.3) is 0 Å². The van der Waals surface area contributed by atoms with Crippen LogP contribution < -0.4 is 0 Å². The van der Waals surface area contributed by atoms with Gasteiger partial charge in [-0.25, -0.2) is 0 Å². The summed E-state index contributed by atoms with van der Waals surface area (Å²) in [5.74, 6) is -0.327. The molecule has 0 spiro atoms. The van der Waals surface area contributed by atoms with E-state index in [0.29, 0.717) is 5.56 Å². The van der Waals surface area contributed by atoms with E-state index in [-0.39, 0.29) is 38.6 Å². The molecule has 174 valence electrons. The summed E-state index contributed by atoms with van der Waals surface area (Å²) in [5.41, 5.74) is 1.52. The summed E-state index contributed by atoms with van der Waals surface area (Å²) in [6.07, 6.45) is 0.578. The van der Waals surface area contributed by atoms with E-state index < -0.39 is 26.3 Å². The van der Waals surface area contributed by atoms with Crippen molar-refractivity contribution in [1.82, 2.24) is 0 Å². The van der Waals surface area contributed by atoms with Gasteiger partial charge in [0.05, 0.1) is 26.4 Å². The van der Waals surface area contributed by atoms with Crippen molar-refractivity contribution >= 4 is 21.0 Å². The lowest BCUT2D eigenvalue weighted by Crippen LogP contribution is -2.33. The molecule has 0 amide bonds. The van der Waals surface area contributed by atoms with Gasteiger partial charge in [-0.2, -0.15) is 10.2 Å². The van der Waals surface area contributed by atoms with Crippen LogP contribution in [-0.4, -0.2) is 43.3 Å². The summed E-state index contributed by atoms with van der Waals surface area (Å²) < 4.78 is 49.7. The molecule has 1 aromatic rings. The lowest BCUT2D eigenvalue weighted by atomic mass is 10.0. The summed E-state index contributed by atoms with van der Waals surface area (Å²) in [4.78, 5) is 13.1. The highest BCUT2D eigenvalue weighted by molar-refractivity contribution is 7.74. The molecule has 0 fully saturated rings. The van der Waals surface area contributed by atoms with Crippen molar-refractivity contribution in [2.24, 2.45) is 10.2 Å². The van der Waals surface area contributed by atoms with Crippen LogP contribution in [0.15, 0.2) is 34.5 Å². The molecule has 1 aromatic carbocycles. The zero-order valence-electron chi connectivity index (χ0n) is 18.8. The fraction of sp³-hybridized carbons (Fsp3) is 0.650. The topological polar surface area (TPSA) is 113 Å². The molecule has 0 N–H and O–H groups in total. The van der Waals surface area contributed by atoms with E-state index in [1.54, 1.807) is 39.8 Å². The van der Waals surface area contributed by atoms with Crippen LogP contribution in [0.1, 0.15) is 57.0 Å². The number of hydrogen-bond acceptors (Lipinski definition) is 9. The van der Waals surface area contributed by atoms with Crippen LogP contribution in [0.3, 0.4) is 0 Å². The number of Topliss-reactive ketones (excluding diaryl/α,β-unsaturated/α-hetero) is 1. The normalized spacial score (nSPS) is 18.4. The predicted octanol–water partition coefficient (Wildman–Crippen LogP) is 5.84. The molecule has 31 heavy (non-hydrogen) atoms. The molecule has 0 aromatic heterocycles. The SMILES string of the molecule is CCOP(=O)(OCC)C1(P(=O)(OCC)OCC)CC(C(=O)c2ccc(CC)cc2)N=N1. The van der Waals surface area contributed by atoms with Gasteiger partial charge in [0.25, 0.3) is 5.02 Å². The first-order chi connectivity index (χ1) is 14.8. The van der Waals surface area contributed by atoms with Crippen molar-refractivity contribution in [3.05, 3.63) is 35.4 Å². The van der Waals surface area contributed by atoms with Crippen LogP contribution in [0.5, 0.6) is 0 Å². The Labute approximate surface area is 184 Å². The number of azo groups is 1. The number of hydrogen-bond donors (Lipinski definition) is 0. The van der Waals surface area contributed by atoms with Crippen LogP contribution in [-0.2, 0) is 33.6 Å². The Bertz CT molecular complexity index is 823. The number of nitrogens with zero attached hydrogens (tertiary/aromatic N) is 2. The quantitative estimate of drug-likeness (QED) is 0.261. The van der Waals surface area contributed by atoms with Gasteiger partial charge in [0.15, 0.2) is 5.78 Å². The van der Waals surface area contributed by atoms with Gasteiger partial charge in [0.1, 0.15) is 6.04 Å². The zero-order valence-corrected chi connectivity index (χ0v) is 20.6. The third-order valence-electron chi connectivity index (χ3n) is 4.85. The minimum atomic E-state index is -4.19. The van der Waals surface area contributed by atoms with Gasteiger partial charge in [-0.3, -0.25) is 13.9 Å². The standard InChI is InChI=1S/C20H32N2O7P2/c1-6-16-11-13-17(14-12-16)19(23)18-15-20(22-21-18,30(24,26-7-2)27-8-3)31(25,28-9-4)29-10-5/h11-14,18H,6-10,15H2,1-5H3. The van der Waals surface area contributed by atoms with Gasteiger partial charge < -0.3 is 18.1 Å². The molecular formula is C20H32N2O7P2. The summed E-state index contributed by atoms with van der Waals surface area (Å²) in [6.45, 7) is 8.63. The number of carbonyl (C=O) groups excluding carboxylic acids is 1. The molecule has 1 aliphatic rings. The van der Waals surface area contributed by atoms with Gasteiger partial charge in [-0.1, -0.05) is 31.2 Å². The Kier molecular flexibility index (Phi) is 9.31. The highest BCUT2D eigenvalue weighted by Gasteiger charge is 2.69. The van der Waals surface area contributed by atoms with Gasteiger partial charge >= 0.3 is 15.2 Å². The summed E-state index contributed by atoms with van der Waals surface area (Å²) in [7, 11) is -8.37. The molecule has 1 heterocycles. The lowest BCUT2D eigenvalue weighted by molar-refractivity contribution is 0.0960. The summed E-state index contributed by atoms with van der Waals surface area (Å²) in [6, 6.07) is 6.14. The maximum atomic E-state index is 13.9. The number of carbonyl (C=O) groups is 1. The number of aryl methyl sites for hydroxylation is 1. The molecule has 0 saturated carbocycles. The Morgan fingerprint density at radius 1 is 0.903 bits per heavy atom. The lowest BCUT2D eigenvalue weighted by Gasteiger charge is -2.36. The summed E-state index contributed by atoms with van der Waals surface area (Å²) >= 11 is 0. The average Bonchev–Trinajstić information content (AvgIpc) is 3.22. The fourth-order valence-corrected chi connectivity index (χ4v) is 8.74. The highest BCUT2D eigenvalue weighted by Crippen LogP contribution is 2.81. The third kappa shape index (κ3) is 5.08. The van der Waals surface area contributed by atoms with Crippen molar-refractivity contribution in [2.45, 2.75) is 58.5 Å². The highest BCUT2D eigenvalue weighted by atomic mass is 31.2. The number of benzene rings is 1. The second-order valence-electron chi connectivity index (χ2n) is 6.79. The minimum absolute atomic E-state index is 0.0177. The summed E-state index contributed by atoms with van der Waals surface area (Å²) in [5, 5.41) is 6.15. The van der Waals surface area contributed by atoms with Gasteiger partial charge in [-0.15, -0.1) is 0 Å². The molecule has 0 aliphatic carbocycles. The Hall–Kier alpha value is -1.21. The van der Waals surface area contributed by atoms with Crippen molar-refractivity contribution in [3.63, 3.8) is 0 Å². The number of rotatable bonds is 13. The first-order valence-electron chi connectivity index (χ1n) is 10.6. The second kappa shape index (κ2) is 11.1. The van der Waals surface area contributed by atoms with E-state index in [0.717, 1.165) is 12.0 Å². The monoisotopic (exact) mass is 474 g/mol. The smallest absolute Gasteiger partial charge is 0.307 e. The maximum Gasteiger partial charge on any atom is 0.372 e. The van der Waals surface area contributed by atoms with Crippen LogP contribution in [0, 0.1) is 0 Å². The predicted molar refractivity (Wildman–Crippen MR) is 118 cm³/mol. The largest absolute Gasteiger partial charge is 0.372 e. The molecule has 1 atom stereocenters. The van der Waals surface area contributed by atoms with E-state index in [2.05, 4.69) is 10.2 Å². The third-order valence-corrected chi connectivity index (χ3v) is 11.0. The van der Waals surface area contributed by atoms with E-state index in [1.807, 2.05) is 19.1 Å². The van der Waals surface area contributed by atoms with Crippen LogP contribution >= 0.6 is 15.2 Å². The molecule has 9 nitrogen and oxygen atoms in total. The van der Waals surface area contributed by atoms with E-state index in [1.165, 1.54) is 0 Å². The Balaban J connectivity index is 2.52. The fourth-order valence-electron chi connectivity index (χ4n) is 3.40.